The Bertz CT molecular complexity index is 1740. The summed E-state index contributed by atoms with van der Waals surface area (Å²) in [4.78, 5) is 0. The van der Waals surface area contributed by atoms with E-state index in [0.717, 1.165) is 44.1 Å². The van der Waals surface area contributed by atoms with Crippen LogP contribution in [0.3, 0.4) is 0 Å². The van der Waals surface area contributed by atoms with Crippen molar-refractivity contribution in [2.75, 3.05) is 26.4 Å². The normalized spacial score (nSPS) is 57.6. The van der Waals surface area contributed by atoms with Crippen molar-refractivity contribution in [1.82, 2.24) is 0 Å². The molecule has 9 rings (SSSR count). The topological polar surface area (TPSA) is 276 Å². The Hall–Kier alpha value is -0.980. The maximum atomic E-state index is 12.4. The molecule has 5 saturated heterocycles. The molecule has 5 unspecified atom stereocenters. The molecule has 0 amide bonds. The van der Waals surface area contributed by atoms with Gasteiger partial charge in [-0.15, -0.1) is 0 Å². The summed E-state index contributed by atoms with van der Waals surface area (Å²) >= 11 is 0. The van der Waals surface area contributed by atoms with Crippen molar-refractivity contribution in [3.05, 3.63) is 11.6 Å². The molecule has 0 aromatic rings. The maximum Gasteiger partial charge on any atom is 0.190 e. The first kappa shape index (κ1) is 48.1. The minimum Gasteiger partial charge on any atom is -0.394 e. The van der Waals surface area contributed by atoms with Gasteiger partial charge in [-0.1, -0.05) is 39.3 Å². The predicted octanol–water partition coefficient (Wildman–Crippen LogP) is -0.218. The fourth-order valence-electron chi connectivity index (χ4n) is 15.6. The summed E-state index contributed by atoms with van der Waals surface area (Å²) in [5.74, 6) is -0.345. The molecule has 0 aromatic heterocycles. The predicted molar refractivity (Wildman–Crippen MR) is 220 cm³/mol. The Labute approximate surface area is 374 Å². The third-order valence-corrected chi connectivity index (χ3v) is 18.8. The summed E-state index contributed by atoms with van der Waals surface area (Å²) < 4.78 is 49.9. The first-order chi connectivity index (χ1) is 30.0. The van der Waals surface area contributed by atoms with Crippen LogP contribution < -0.4 is 0 Å². The van der Waals surface area contributed by atoms with Gasteiger partial charge in [0.15, 0.2) is 30.9 Å². The molecule has 5 heterocycles. The van der Waals surface area contributed by atoms with E-state index in [1.54, 1.807) is 0 Å². The number of aliphatic hydroxyl groups is 10. The molecular formula is C46H74O18. The summed E-state index contributed by atoms with van der Waals surface area (Å²) in [6.07, 6.45) is -15.6. The Balaban J connectivity index is 0.982. The van der Waals surface area contributed by atoms with Crippen LogP contribution in [0, 0.1) is 51.2 Å². The van der Waals surface area contributed by atoms with E-state index < -0.39 is 122 Å². The van der Waals surface area contributed by atoms with Gasteiger partial charge in [0, 0.05) is 23.7 Å². The van der Waals surface area contributed by atoms with Gasteiger partial charge in [-0.25, -0.2) is 0 Å². The lowest BCUT2D eigenvalue weighted by Gasteiger charge is -2.70. The van der Waals surface area contributed by atoms with Gasteiger partial charge >= 0.3 is 0 Å². The molecular weight excluding hydrogens is 840 g/mol. The van der Waals surface area contributed by atoms with Crippen LogP contribution in [0.2, 0.25) is 0 Å². The molecule has 64 heavy (non-hydrogen) atoms. The number of aliphatic hydroxyl groups excluding tert-OH is 9. The minimum absolute atomic E-state index is 0.100. The van der Waals surface area contributed by atoms with E-state index in [-0.39, 0.29) is 39.9 Å². The van der Waals surface area contributed by atoms with Crippen LogP contribution in [0.1, 0.15) is 93.4 Å². The van der Waals surface area contributed by atoms with E-state index in [0.29, 0.717) is 25.6 Å². The Kier molecular flexibility index (Phi) is 12.4. The van der Waals surface area contributed by atoms with Crippen LogP contribution in [-0.2, 0) is 37.9 Å². The summed E-state index contributed by atoms with van der Waals surface area (Å²) in [6.45, 7) is 15.0. The Morgan fingerprint density at radius 1 is 0.656 bits per heavy atom. The fraction of sp³-hybridized carbons (Fsp3) is 0.957. The Morgan fingerprint density at radius 2 is 1.28 bits per heavy atom. The van der Waals surface area contributed by atoms with Crippen molar-refractivity contribution in [2.45, 2.75) is 197 Å². The molecule has 9 aliphatic rings. The summed E-state index contributed by atoms with van der Waals surface area (Å²) in [6, 6.07) is 0. The zero-order valence-electron chi connectivity index (χ0n) is 38.1. The second kappa shape index (κ2) is 16.6. The lowest BCUT2D eigenvalue weighted by molar-refractivity contribution is -0.405. The number of rotatable bonds is 9. The van der Waals surface area contributed by atoms with Crippen molar-refractivity contribution in [2.24, 2.45) is 51.2 Å². The standard InChI is InChI=1S/C46H74O18/c1-20(2)14-21-17-57-46-18-45(19-58-46)22(36(46)44(21,7)56)8-9-26-42(5)12-11-27(41(3,4)25(42)10-13-43(26,45)6)61-40-35(63-38-31(52)29(50)24(16-48)60-38)34(33(54)37(55)64-40)62-39-32(53)30(51)28(49)23(15-47)59-39/h14,21-40,47-56H,8-13,15-19H2,1-7H3/t21-,22?,23-,24+,25?,26?,27+,28-,29+,30+,31-,32-,33+,34+,35-,36?,37+,38+,39+,40-,42+,43-,44?,45+,46-/m1/s1. The van der Waals surface area contributed by atoms with Gasteiger partial charge in [0.2, 0.25) is 0 Å². The summed E-state index contributed by atoms with van der Waals surface area (Å²) in [5.41, 5.74) is -0.737. The molecule has 18 heteroatoms. The minimum atomic E-state index is -1.93. The highest BCUT2D eigenvalue weighted by molar-refractivity contribution is 5.27. The number of ether oxygens (including phenoxy) is 8. The lowest BCUT2D eigenvalue weighted by atomic mass is 9.35. The van der Waals surface area contributed by atoms with Gasteiger partial charge in [0.25, 0.3) is 0 Å². The quantitative estimate of drug-likeness (QED) is 0.106. The molecule has 366 valence electrons. The molecule has 2 spiro atoms. The first-order valence-electron chi connectivity index (χ1n) is 23.6. The van der Waals surface area contributed by atoms with Crippen molar-refractivity contribution < 1.29 is 89.0 Å². The summed E-state index contributed by atoms with van der Waals surface area (Å²) in [5, 5.41) is 108. The molecule has 5 aliphatic heterocycles. The molecule has 2 bridgehead atoms. The average molecular weight is 915 g/mol. The van der Waals surface area contributed by atoms with Gasteiger partial charge in [-0.05, 0) is 93.3 Å². The van der Waals surface area contributed by atoms with Gasteiger partial charge in [-0.3, -0.25) is 0 Å². The highest BCUT2D eigenvalue weighted by Crippen LogP contribution is 2.80. The number of fused-ring (bicyclic) bond motifs is 4. The first-order valence-corrected chi connectivity index (χ1v) is 23.6. The van der Waals surface area contributed by atoms with Gasteiger partial charge in [0.05, 0.1) is 38.1 Å². The lowest BCUT2D eigenvalue weighted by Crippen LogP contribution is -2.68. The zero-order valence-corrected chi connectivity index (χ0v) is 38.1. The molecule has 9 fully saturated rings. The highest BCUT2D eigenvalue weighted by Gasteiger charge is 2.81. The molecule has 18 nitrogen and oxygen atoms in total. The zero-order chi connectivity index (χ0) is 46.3. The molecule has 4 aliphatic carbocycles. The van der Waals surface area contributed by atoms with Crippen LogP contribution in [-0.4, -0.2) is 181 Å². The summed E-state index contributed by atoms with van der Waals surface area (Å²) in [7, 11) is 0. The average Bonchev–Trinajstić information content (AvgIpc) is 3.86. The van der Waals surface area contributed by atoms with Crippen molar-refractivity contribution in [1.29, 1.82) is 0 Å². The van der Waals surface area contributed by atoms with E-state index in [4.69, 9.17) is 37.9 Å². The van der Waals surface area contributed by atoms with Crippen molar-refractivity contribution in [3.8, 4) is 0 Å². The largest absolute Gasteiger partial charge is 0.394 e. The van der Waals surface area contributed by atoms with E-state index in [1.165, 1.54) is 0 Å². The highest BCUT2D eigenvalue weighted by atomic mass is 16.8. The number of hydrogen-bond acceptors (Lipinski definition) is 18. The van der Waals surface area contributed by atoms with E-state index in [1.807, 2.05) is 6.92 Å². The van der Waals surface area contributed by atoms with Crippen molar-refractivity contribution in [3.63, 3.8) is 0 Å². The van der Waals surface area contributed by atoms with Crippen LogP contribution >= 0.6 is 0 Å². The van der Waals surface area contributed by atoms with E-state index in [2.05, 4.69) is 47.6 Å². The monoisotopic (exact) mass is 914 g/mol. The van der Waals surface area contributed by atoms with Gasteiger partial charge < -0.3 is 89.0 Å². The molecule has 25 atom stereocenters. The van der Waals surface area contributed by atoms with Gasteiger partial charge in [0.1, 0.15) is 61.0 Å². The van der Waals surface area contributed by atoms with Crippen LogP contribution in [0.5, 0.6) is 0 Å². The molecule has 0 radical (unpaired) electrons. The number of allylic oxidation sites excluding steroid dienone is 1. The Morgan fingerprint density at radius 3 is 1.92 bits per heavy atom. The maximum absolute atomic E-state index is 12.4. The smallest absolute Gasteiger partial charge is 0.190 e. The van der Waals surface area contributed by atoms with Gasteiger partial charge in [-0.2, -0.15) is 0 Å². The second-order valence-electron chi connectivity index (χ2n) is 22.5. The van der Waals surface area contributed by atoms with E-state index in [9.17, 15) is 51.1 Å². The van der Waals surface area contributed by atoms with Crippen LogP contribution in [0.15, 0.2) is 11.6 Å². The molecule has 0 aromatic carbocycles. The van der Waals surface area contributed by atoms with Crippen molar-refractivity contribution >= 4 is 0 Å². The van der Waals surface area contributed by atoms with E-state index >= 15 is 0 Å². The molecule has 4 saturated carbocycles. The number of hydrogen-bond donors (Lipinski definition) is 10. The third-order valence-electron chi connectivity index (χ3n) is 18.8. The third kappa shape index (κ3) is 6.94. The fourth-order valence-corrected chi connectivity index (χ4v) is 15.6. The SMILES string of the molecule is CC(C)=C[C@@H]1CO[C@]23C[C@]4(CO2)C(CCC2[C@@]5(C)CC[C@H](O[C@@H]6O[C@H](O)[C@@H](O)[C@H](O[C@@H]7O[C@H](CO)[C@@H](O)[C@H](O)[C@H]7O)[C@H]6O[C@@H]6O[C@@H](CO)[C@H](O)[C@H]6O)C(C)(C)C5CC[C@]24C)C3C1(C)O. The molecule has 10 N–H and O–H groups in total. The second-order valence-corrected chi connectivity index (χ2v) is 22.5. The van der Waals surface area contributed by atoms with Crippen LogP contribution in [0.4, 0.5) is 0 Å². The van der Waals surface area contributed by atoms with Crippen LogP contribution in [0.25, 0.3) is 0 Å².